The van der Waals surface area contributed by atoms with Crippen molar-refractivity contribution < 1.29 is 8.42 Å². The highest BCUT2D eigenvalue weighted by Crippen LogP contribution is 2.17. The molecule has 0 bridgehead atoms. The average molecular weight is 522 g/mol. The van der Waals surface area contributed by atoms with E-state index in [0.29, 0.717) is 30.4 Å². The maximum atomic E-state index is 12.3. The fraction of sp³-hybridized carbons (Fsp3) is 0.444. The number of aryl methyl sites for hydroxylation is 2. The second-order valence-electron chi connectivity index (χ2n) is 5.86. The van der Waals surface area contributed by atoms with Crippen LogP contribution in [-0.2, 0) is 16.4 Å². The molecule has 1 aromatic heterocycles. The predicted molar refractivity (Wildman–Crippen MR) is 123 cm³/mol. The zero-order valence-corrected chi connectivity index (χ0v) is 19.8. The molecule has 0 spiro atoms. The van der Waals surface area contributed by atoms with Crippen LogP contribution in [0, 0.1) is 13.8 Å². The molecular weight excluding hydrogens is 495 g/mol. The molecule has 0 amide bonds. The molecule has 0 atom stereocenters. The molecule has 1 aromatic carbocycles. The van der Waals surface area contributed by atoms with Gasteiger partial charge >= 0.3 is 0 Å². The van der Waals surface area contributed by atoms with Crippen molar-refractivity contribution in [1.82, 2.24) is 15.6 Å². The number of nitrogens with one attached hydrogen (secondary N) is 2. The molecule has 1 heterocycles. The summed E-state index contributed by atoms with van der Waals surface area (Å²) in [6.45, 7) is 7.83. The summed E-state index contributed by atoms with van der Waals surface area (Å²) in [5.74, 6) is 0.781. The van der Waals surface area contributed by atoms with Crippen LogP contribution in [0.15, 0.2) is 40.2 Å². The molecule has 0 aliphatic heterocycles. The van der Waals surface area contributed by atoms with Crippen molar-refractivity contribution in [2.75, 3.05) is 18.8 Å². The molecule has 0 unspecified atom stereocenters. The highest BCUT2D eigenvalue weighted by Gasteiger charge is 2.13. The fourth-order valence-electron chi connectivity index (χ4n) is 2.31. The first kappa shape index (κ1) is 23.8. The Morgan fingerprint density at radius 2 is 1.89 bits per heavy atom. The number of aromatic nitrogens is 1. The average Bonchev–Trinajstić information content (AvgIpc) is 2.95. The lowest BCUT2D eigenvalue weighted by molar-refractivity contribution is 0.592. The third kappa shape index (κ3) is 7.74. The Hall–Kier alpha value is -1.20. The Labute approximate surface area is 182 Å². The summed E-state index contributed by atoms with van der Waals surface area (Å²) in [4.78, 5) is 10.6. The van der Waals surface area contributed by atoms with Gasteiger partial charge in [-0.2, -0.15) is 0 Å². The van der Waals surface area contributed by atoms with Crippen LogP contribution in [0.2, 0.25) is 0 Å². The lowest BCUT2D eigenvalue weighted by atomic mass is 10.4. The van der Waals surface area contributed by atoms with Crippen LogP contribution in [0.5, 0.6) is 0 Å². The molecule has 0 saturated carbocycles. The van der Waals surface area contributed by atoms with Crippen LogP contribution >= 0.6 is 35.3 Å². The maximum absolute atomic E-state index is 12.3. The van der Waals surface area contributed by atoms with Gasteiger partial charge in [-0.3, -0.25) is 0 Å². The molecule has 2 rings (SSSR count). The van der Waals surface area contributed by atoms with Gasteiger partial charge in [0.05, 0.1) is 22.9 Å². The summed E-state index contributed by atoms with van der Waals surface area (Å²) in [5.41, 5.74) is 1.05. The minimum absolute atomic E-state index is 0. The van der Waals surface area contributed by atoms with Crippen molar-refractivity contribution in [2.24, 2.45) is 4.99 Å². The van der Waals surface area contributed by atoms with Crippen LogP contribution < -0.4 is 10.6 Å². The van der Waals surface area contributed by atoms with Crippen molar-refractivity contribution in [3.8, 4) is 0 Å². The second-order valence-corrected chi connectivity index (χ2v) is 9.25. The molecule has 2 N–H and O–H groups in total. The first-order valence-corrected chi connectivity index (χ1v) is 11.1. The summed E-state index contributed by atoms with van der Waals surface area (Å²) in [6.07, 6.45) is 0.511. The van der Waals surface area contributed by atoms with Gasteiger partial charge in [0.25, 0.3) is 0 Å². The minimum Gasteiger partial charge on any atom is -0.357 e. The van der Waals surface area contributed by atoms with Gasteiger partial charge in [-0.25, -0.2) is 18.4 Å². The number of hydrogen-bond donors (Lipinski definition) is 2. The molecule has 0 radical (unpaired) electrons. The summed E-state index contributed by atoms with van der Waals surface area (Å²) in [7, 11) is -3.24. The number of aliphatic imine (C=N–C) groups is 1. The topological polar surface area (TPSA) is 83.4 Å². The van der Waals surface area contributed by atoms with Crippen molar-refractivity contribution in [2.45, 2.75) is 38.6 Å². The first-order valence-electron chi connectivity index (χ1n) is 8.65. The largest absolute Gasteiger partial charge is 0.357 e. The van der Waals surface area contributed by atoms with Gasteiger partial charge in [0.15, 0.2) is 15.8 Å². The van der Waals surface area contributed by atoms with Crippen molar-refractivity contribution in [3.05, 3.63) is 45.9 Å². The Kier molecular flexibility index (Phi) is 10.2. The van der Waals surface area contributed by atoms with Crippen LogP contribution in [0.1, 0.15) is 28.9 Å². The normalized spacial score (nSPS) is 11.7. The number of sulfone groups is 1. The molecule has 150 valence electrons. The molecule has 6 nitrogen and oxygen atoms in total. The summed E-state index contributed by atoms with van der Waals surface area (Å²) in [5, 5.41) is 7.33. The highest BCUT2D eigenvalue weighted by atomic mass is 127. The summed E-state index contributed by atoms with van der Waals surface area (Å²) >= 11 is 1.65. The smallest absolute Gasteiger partial charge is 0.191 e. The quantitative estimate of drug-likeness (QED) is 0.241. The molecule has 27 heavy (non-hydrogen) atoms. The van der Waals surface area contributed by atoms with Gasteiger partial charge < -0.3 is 10.6 Å². The van der Waals surface area contributed by atoms with Crippen LogP contribution in [0.3, 0.4) is 0 Å². The van der Waals surface area contributed by atoms with Gasteiger partial charge in [-0.05, 0) is 39.3 Å². The van der Waals surface area contributed by atoms with Crippen LogP contribution in [-0.4, -0.2) is 38.2 Å². The van der Waals surface area contributed by atoms with E-state index in [0.717, 1.165) is 17.2 Å². The third-order valence-corrected chi connectivity index (χ3v) is 6.65. The van der Waals surface area contributed by atoms with E-state index >= 15 is 0 Å². The molecule has 2 aromatic rings. The van der Waals surface area contributed by atoms with Gasteiger partial charge in [0, 0.05) is 18.0 Å². The van der Waals surface area contributed by atoms with E-state index in [1.165, 1.54) is 4.88 Å². The van der Waals surface area contributed by atoms with E-state index in [2.05, 4.69) is 27.5 Å². The van der Waals surface area contributed by atoms with E-state index in [1.807, 2.05) is 19.9 Å². The maximum Gasteiger partial charge on any atom is 0.191 e. The van der Waals surface area contributed by atoms with E-state index in [1.54, 1.807) is 35.6 Å². The monoisotopic (exact) mass is 522 g/mol. The first-order chi connectivity index (χ1) is 12.4. The van der Waals surface area contributed by atoms with E-state index in [9.17, 15) is 8.42 Å². The third-order valence-electron chi connectivity index (χ3n) is 3.77. The van der Waals surface area contributed by atoms with Gasteiger partial charge in [0.1, 0.15) is 5.01 Å². The van der Waals surface area contributed by atoms with E-state index in [-0.39, 0.29) is 29.7 Å². The number of halogens is 1. The standard InChI is InChI=1S/C18H26N4O2S2.HI/c1-4-19-18(21-13-17-22-14(2)15(3)25-17)20-11-8-12-26(23,24)16-9-6-5-7-10-16;/h5-7,9-10H,4,8,11-13H2,1-3H3,(H2,19,20,21);1H. The Balaban J connectivity index is 0.00000364. The Bertz CT molecular complexity index is 817. The van der Waals surface area contributed by atoms with Gasteiger partial charge in [0.2, 0.25) is 0 Å². The van der Waals surface area contributed by atoms with E-state index in [4.69, 9.17) is 0 Å². The van der Waals surface area contributed by atoms with Gasteiger partial charge in [-0.15, -0.1) is 35.3 Å². The molecule has 0 aliphatic rings. The lowest BCUT2D eigenvalue weighted by Gasteiger charge is -2.11. The molecular formula is C18H27IN4O2S2. The fourth-order valence-corrected chi connectivity index (χ4v) is 4.50. The summed E-state index contributed by atoms with van der Waals surface area (Å²) < 4.78 is 24.5. The summed E-state index contributed by atoms with van der Waals surface area (Å²) in [6, 6.07) is 8.55. The van der Waals surface area contributed by atoms with Crippen molar-refractivity contribution in [1.29, 1.82) is 0 Å². The zero-order chi connectivity index (χ0) is 19.0. The van der Waals surface area contributed by atoms with Gasteiger partial charge in [-0.1, -0.05) is 18.2 Å². The number of thiazole rings is 1. The molecule has 0 saturated heterocycles. The second kappa shape index (κ2) is 11.6. The van der Waals surface area contributed by atoms with E-state index < -0.39 is 9.84 Å². The molecule has 0 fully saturated rings. The van der Waals surface area contributed by atoms with Crippen molar-refractivity contribution in [3.63, 3.8) is 0 Å². The number of rotatable bonds is 8. The molecule has 0 aliphatic carbocycles. The number of guanidine groups is 1. The van der Waals surface area contributed by atoms with Crippen LogP contribution in [0.4, 0.5) is 0 Å². The lowest BCUT2D eigenvalue weighted by Crippen LogP contribution is -2.38. The Morgan fingerprint density at radius 3 is 2.48 bits per heavy atom. The SMILES string of the molecule is CCNC(=NCc1nc(C)c(C)s1)NCCCS(=O)(=O)c1ccccc1.I. The molecule has 9 heteroatoms. The highest BCUT2D eigenvalue weighted by molar-refractivity contribution is 14.0. The number of nitrogens with zero attached hydrogens (tertiary/aromatic N) is 2. The zero-order valence-electron chi connectivity index (χ0n) is 15.9. The predicted octanol–water partition coefficient (Wildman–Crippen LogP) is 3.30. The Morgan fingerprint density at radius 1 is 1.19 bits per heavy atom. The minimum atomic E-state index is -3.24. The van der Waals surface area contributed by atoms with Crippen molar-refractivity contribution >= 4 is 51.1 Å². The number of hydrogen-bond acceptors (Lipinski definition) is 5. The van der Waals surface area contributed by atoms with Crippen LogP contribution in [0.25, 0.3) is 0 Å². The number of benzene rings is 1.